The Morgan fingerprint density at radius 2 is 1.62 bits per heavy atom. The normalized spacial score (nSPS) is 10.8. The van der Waals surface area contributed by atoms with Gasteiger partial charge in [-0.1, -0.05) is 56.3 Å². The molecule has 2 rings (SSSR count). The van der Waals surface area contributed by atoms with Crippen molar-refractivity contribution in [3.8, 4) is 5.75 Å². The maximum absolute atomic E-state index is 5.75. The first-order chi connectivity index (χ1) is 10.2. The van der Waals surface area contributed by atoms with Crippen molar-refractivity contribution in [3.05, 3.63) is 65.7 Å². The minimum Gasteiger partial charge on any atom is -0.489 e. The van der Waals surface area contributed by atoms with Crippen molar-refractivity contribution in [1.29, 1.82) is 0 Å². The monoisotopic (exact) mass is 285 g/mol. The summed E-state index contributed by atoms with van der Waals surface area (Å²) in [5.41, 5.74) is 5.31. The molecule has 0 saturated heterocycles. The van der Waals surface area contributed by atoms with Gasteiger partial charge in [-0.05, 0) is 29.2 Å². The van der Waals surface area contributed by atoms with Crippen LogP contribution < -0.4 is 10.2 Å². The first-order valence-corrected chi connectivity index (χ1v) is 7.34. The second-order valence-electron chi connectivity index (χ2n) is 5.44. The van der Waals surface area contributed by atoms with Gasteiger partial charge in [0, 0.05) is 6.54 Å². The molecule has 0 bridgehead atoms. The van der Waals surface area contributed by atoms with Crippen LogP contribution in [-0.4, -0.2) is 6.61 Å². The highest BCUT2D eigenvalue weighted by Gasteiger charge is 1.98. The molecule has 0 aliphatic rings. The highest BCUT2D eigenvalue weighted by molar-refractivity contribution is 5.27. The Bertz CT molecular complexity index is 509. The van der Waals surface area contributed by atoms with Gasteiger partial charge in [0.05, 0.1) is 6.61 Å². The third kappa shape index (κ3) is 5.98. The second kappa shape index (κ2) is 8.45. The van der Waals surface area contributed by atoms with Crippen molar-refractivity contribution in [2.45, 2.75) is 27.0 Å². The topological polar surface area (TPSA) is 30.5 Å². The van der Waals surface area contributed by atoms with E-state index in [9.17, 15) is 0 Å². The molecule has 0 heterocycles. The zero-order chi connectivity index (χ0) is 14.9. The van der Waals surface area contributed by atoms with Crippen molar-refractivity contribution < 1.29 is 9.57 Å². The Kier molecular flexibility index (Phi) is 6.25. The van der Waals surface area contributed by atoms with Crippen LogP contribution in [0.1, 0.15) is 25.0 Å². The number of benzene rings is 2. The fraction of sp³-hybridized carbons (Fsp3) is 0.333. The zero-order valence-electron chi connectivity index (χ0n) is 12.7. The summed E-state index contributed by atoms with van der Waals surface area (Å²) in [6.07, 6.45) is 0. The molecule has 0 unspecified atom stereocenters. The van der Waals surface area contributed by atoms with Crippen LogP contribution in [0.5, 0.6) is 5.75 Å². The SMILES string of the molecule is CC(C)CONCc1ccc(OCc2ccccc2)cc1. The Balaban J connectivity index is 1.74. The van der Waals surface area contributed by atoms with E-state index < -0.39 is 0 Å². The highest BCUT2D eigenvalue weighted by atomic mass is 16.6. The molecule has 2 aromatic carbocycles. The molecule has 0 amide bonds. The molecule has 3 nitrogen and oxygen atoms in total. The van der Waals surface area contributed by atoms with Gasteiger partial charge in [0.15, 0.2) is 0 Å². The Morgan fingerprint density at radius 3 is 2.29 bits per heavy atom. The van der Waals surface area contributed by atoms with Crippen molar-refractivity contribution in [3.63, 3.8) is 0 Å². The van der Waals surface area contributed by atoms with E-state index >= 15 is 0 Å². The lowest BCUT2D eigenvalue weighted by molar-refractivity contribution is 0.0196. The molecule has 0 aliphatic heterocycles. The van der Waals surface area contributed by atoms with Crippen molar-refractivity contribution in [2.24, 2.45) is 5.92 Å². The maximum atomic E-state index is 5.75. The van der Waals surface area contributed by atoms with Gasteiger partial charge >= 0.3 is 0 Å². The van der Waals surface area contributed by atoms with Crippen LogP contribution >= 0.6 is 0 Å². The second-order valence-corrected chi connectivity index (χ2v) is 5.44. The molecule has 0 radical (unpaired) electrons. The minimum absolute atomic E-state index is 0.534. The fourth-order valence-corrected chi connectivity index (χ4v) is 1.80. The van der Waals surface area contributed by atoms with Gasteiger partial charge in [-0.2, -0.15) is 5.48 Å². The summed E-state index contributed by atoms with van der Waals surface area (Å²) in [7, 11) is 0. The quantitative estimate of drug-likeness (QED) is 0.588. The molecule has 0 aliphatic carbocycles. The van der Waals surface area contributed by atoms with Crippen molar-refractivity contribution in [1.82, 2.24) is 5.48 Å². The Hall–Kier alpha value is -1.84. The van der Waals surface area contributed by atoms with Crippen LogP contribution in [-0.2, 0) is 18.0 Å². The molecular weight excluding hydrogens is 262 g/mol. The summed E-state index contributed by atoms with van der Waals surface area (Å²) < 4.78 is 5.75. The summed E-state index contributed by atoms with van der Waals surface area (Å²) in [6.45, 7) is 6.26. The molecule has 21 heavy (non-hydrogen) atoms. The first kappa shape index (κ1) is 15.5. The standard InChI is InChI=1S/C18H23NO2/c1-15(2)13-21-19-12-16-8-10-18(11-9-16)20-14-17-6-4-3-5-7-17/h3-11,15,19H,12-14H2,1-2H3. The predicted molar refractivity (Wildman–Crippen MR) is 84.8 cm³/mol. The third-order valence-corrected chi connectivity index (χ3v) is 2.97. The fourth-order valence-electron chi connectivity index (χ4n) is 1.80. The summed E-state index contributed by atoms with van der Waals surface area (Å²) >= 11 is 0. The number of rotatable bonds is 8. The lowest BCUT2D eigenvalue weighted by atomic mass is 10.2. The molecule has 0 saturated carbocycles. The van der Waals surface area contributed by atoms with Gasteiger partial charge in [-0.25, -0.2) is 0 Å². The average Bonchev–Trinajstić information content (AvgIpc) is 2.51. The van der Waals surface area contributed by atoms with E-state index in [0.717, 1.165) is 12.4 Å². The van der Waals surface area contributed by atoms with Crippen LogP contribution in [0.3, 0.4) is 0 Å². The number of nitrogens with one attached hydrogen (secondary N) is 1. The number of hydrogen-bond donors (Lipinski definition) is 1. The highest BCUT2D eigenvalue weighted by Crippen LogP contribution is 2.14. The van der Waals surface area contributed by atoms with Gasteiger partial charge < -0.3 is 9.57 Å². The molecule has 0 aromatic heterocycles. The summed E-state index contributed by atoms with van der Waals surface area (Å²) in [5.74, 6) is 1.41. The van der Waals surface area contributed by atoms with Crippen molar-refractivity contribution in [2.75, 3.05) is 6.61 Å². The van der Waals surface area contributed by atoms with Gasteiger partial charge in [0.2, 0.25) is 0 Å². The molecule has 112 valence electrons. The lowest BCUT2D eigenvalue weighted by Gasteiger charge is -2.09. The smallest absolute Gasteiger partial charge is 0.119 e. The molecular formula is C18H23NO2. The summed E-state index contributed by atoms with van der Waals surface area (Å²) in [5, 5.41) is 0. The summed E-state index contributed by atoms with van der Waals surface area (Å²) in [6, 6.07) is 18.2. The van der Waals surface area contributed by atoms with E-state index in [2.05, 4.69) is 31.5 Å². The molecule has 2 aromatic rings. The number of hydroxylamine groups is 1. The lowest BCUT2D eigenvalue weighted by Crippen LogP contribution is -2.17. The maximum Gasteiger partial charge on any atom is 0.119 e. The van der Waals surface area contributed by atoms with E-state index in [1.165, 1.54) is 11.1 Å². The average molecular weight is 285 g/mol. The first-order valence-electron chi connectivity index (χ1n) is 7.34. The molecule has 0 fully saturated rings. The predicted octanol–water partition coefficient (Wildman–Crippen LogP) is 3.94. The van der Waals surface area contributed by atoms with Crippen molar-refractivity contribution >= 4 is 0 Å². The van der Waals surface area contributed by atoms with Gasteiger partial charge in [0.25, 0.3) is 0 Å². The third-order valence-electron chi connectivity index (χ3n) is 2.97. The number of ether oxygens (including phenoxy) is 1. The molecule has 3 heteroatoms. The van der Waals surface area contributed by atoms with Gasteiger partial charge in [0.1, 0.15) is 12.4 Å². The zero-order valence-corrected chi connectivity index (χ0v) is 12.7. The van der Waals surface area contributed by atoms with Crippen LogP contribution in [0, 0.1) is 5.92 Å². The van der Waals surface area contributed by atoms with E-state index in [0.29, 0.717) is 19.1 Å². The summed E-state index contributed by atoms with van der Waals surface area (Å²) in [4.78, 5) is 5.35. The molecule has 0 atom stereocenters. The Labute approximate surface area is 126 Å². The van der Waals surface area contributed by atoms with Crippen LogP contribution in [0.2, 0.25) is 0 Å². The Morgan fingerprint density at radius 1 is 0.905 bits per heavy atom. The van der Waals surface area contributed by atoms with Crippen LogP contribution in [0.25, 0.3) is 0 Å². The van der Waals surface area contributed by atoms with Gasteiger partial charge in [-0.3, -0.25) is 0 Å². The largest absolute Gasteiger partial charge is 0.489 e. The number of hydrogen-bond acceptors (Lipinski definition) is 3. The minimum atomic E-state index is 0.534. The van der Waals surface area contributed by atoms with E-state index in [-0.39, 0.29) is 0 Å². The van der Waals surface area contributed by atoms with Crippen LogP contribution in [0.4, 0.5) is 0 Å². The van der Waals surface area contributed by atoms with E-state index in [1.54, 1.807) is 0 Å². The van der Waals surface area contributed by atoms with E-state index in [1.807, 2.05) is 42.5 Å². The van der Waals surface area contributed by atoms with E-state index in [4.69, 9.17) is 9.57 Å². The molecule has 0 spiro atoms. The molecule has 1 N–H and O–H groups in total. The van der Waals surface area contributed by atoms with Crippen LogP contribution in [0.15, 0.2) is 54.6 Å². The van der Waals surface area contributed by atoms with Gasteiger partial charge in [-0.15, -0.1) is 0 Å².